The third kappa shape index (κ3) is 6.47. The number of nitrogens with zero attached hydrogens (tertiary/aromatic N) is 2. The van der Waals surface area contributed by atoms with Crippen molar-refractivity contribution in [2.45, 2.75) is 12.2 Å². The van der Waals surface area contributed by atoms with Crippen LogP contribution in [0.25, 0.3) is 55.1 Å². The van der Waals surface area contributed by atoms with Crippen LogP contribution in [0.3, 0.4) is 0 Å². The summed E-state index contributed by atoms with van der Waals surface area (Å²) in [5.74, 6) is 0. The Hall–Kier alpha value is -6.20. The second kappa shape index (κ2) is 14.3. The number of nitrogens with one attached hydrogen (secondary N) is 2. The first-order chi connectivity index (χ1) is 25.2. The van der Waals surface area contributed by atoms with Crippen molar-refractivity contribution in [2.24, 2.45) is 4.99 Å². The number of pyridine rings is 1. The van der Waals surface area contributed by atoms with E-state index >= 15 is 0 Å². The lowest BCUT2D eigenvalue weighted by Crippen LogP contribution is -2.46. The van der Waals surface area contributed by atoms with Crippen molar-refractivity contribution < 1.29 is 0 Å². The summed E-state index contributed by atoms with van der Waals surface area (Å²) < 4.78 is 0. The molecule has 1 heterocycles. The van der Waals surface area contributed by atoms with E-state index in [2.05, 4.69) is 163 Å². The number of aromatic nitrogens is 1. The Labute approximate surface area is 299 Å². The van der Waals surface area contributed by atoms with Crippen LogP contribution in [-0.2, 0) is 12.2 Å². The Kier molecular flexibility index (Phi) is 9.01. The molecule has 4 heteroatoms. The minimum absolute atomic E-state index is 0.546. The molecule has 0 saturated carbocycles. The van der Waals surface area contributed by atoms with Gasteiger partial charge in [0.1, 0.15) is 0 Å². The standard InChI is InChI=1S/C47H38N4/c1-48-47(41-18-6-3-7-19-41,51-33-49-32-34-12-4-2-5-13-34)42-27-25-37(26-28-42)45-31-40-15-9-8-14-39(40)30-44(45)36-23-21-35(22-24-36)43-20-10-16-38-17-11-29-50-46(38)43/h2-31,49,51H,1,32-33H2. The van der Waals surface area contributed by atoms with Crippen molar-refractivity contribution in [3.05, 3.63) is 199 Å². The van der Waals surface area contributed by atoms with E-state index in [1.165, 1.54) is 27.5 Å². The highest BCUT2D eigenvalue weighted by Crippen LogP contribution is 2.39. The molecular weight excluding hydrogens is 621 g/mol. The Morgan fingerprint density at radius 2 is 1.04 bits per heavy atom. The molecule has 0 aliphatic heterocycles. The molecule has 0 bridgehead atoms. The van der Waals surface area contributed by atoms with Gasteiger partial charge in [-0.25, -0.2) is 0 Å². The molecule has 4 nitrogen and oxygen atoms in total. The number of hydrogen-bond donors (Lipinski definition) is 2. The number of para-hydroxylation sites is 1. The summed E-state index contributed by atoms with van der Waals surface area (Å²) in [4.78, 5) is 9.45. The highest BCUT2D eigenvalue weighted by atomic mass is 15.2. The van der Waals surface area contributed by atoms with Crippen molar-refractivity contribution in [1.82, 2.24) is 15.6 Å². The Bertz CT molecular complexity index is 2420. The molecular formula is C47H38N4. The fourth-order valence-corrected chi connectivity index (χ4v) is 7.06. The predicted molar refractivity (Wildman–Crippen MR) is 214 cm³/mol. The van der Waals surface area contributed by atoms with Crippen molar-refractivity contribution >= 4 is 28.4 Å². The molecule has 8 rings (SSSR count). The van der Waals surface area contributed by atoms with E-state index in [1.807, 2.05) is 36.5 Å². The third-order valence-corrected chi connectivity index (χ3v) is 9.71. The van der Waals surface area contributed by atoms with Gasteiger partial charge in [0.25, 0.3) is 0 Å². The SMILES string of the molecule is C=NC(NCNCc1ccccc1)(c1ccccc1)c1ccc(-c2cc3ccccc3cc2-c2ccc(-c3cccc4cccnc34)cc2)cc1. The van der Waals surface area contributed by atoms with Crippen molar-refractivity contribution in [3.63, 3.8) is 0 Å². The van der Waals surface area contributed by atoms with Gasteiger partial charge in [-0.2, -0.15) is 0 Å². The number of benzene rings is 7. The van der Waals surface area contributed by atoms with Gasteiger partial charge < -0.3 is 5.32 Å². The monoisotopic (exact) mass is 658 g/mol. The molecule has 246 valence electrons. The topological polar surface area (TPSA) is 49.3 Å². The molecule has 1 aromatic heterocycles. The van der Waals surface area contributed by atoms with E-state index in [9.17, 15) is 0 Å². The summed E-state index contributed by atoms with van der Waals surface area (Å²) in [6.45, 7) is 5.39. The smallest absolute Gasteiger partial charge is 0.162 e. The molecule has 0 fully saturated rings. The number of rotatable bonds is 11. The molecule has 51 heavy (non-hydrogen) atoms. The zero-order valence-electron chi connectivity index (χ0n) is 28.3. The number of hydrogen-bond acceptors (Lipinski definition) is 4. The Balaban J connectivity index is 1.15. The molecule has 0 radical (unpaired) electrons. The summed E-state index contributed by atoms with van der Waals surface area (Å²) in [5.41, 5.74) is 10.4. The van der Waals surface area contributed by atoms with Crippen molar-refractivity contribution in [1.29, 1.82) is 0 Å². The molecule has 1 atom stereocenters. The van der Waals surface area contributed by atoms with Gasteiger partial charge in [-0.15, -0.1) is 0 Å². The van der Waals surface area contributed by atoms with Gasteiger partial charge >= 0.3 is 0 Å². The van der Waals surface area contributed by atoms with Crippen LogP contribution < -0.4 is 10.6 Å². The van der Waals surface area contributed by atoms with E-state index < -0.39 is 5.66 Å². The van der Waals surface area contributed by atoms with Crippen LogP contribution in [0.1, 0.15) is 16.7 Å². The summed E-state index contributed by atoms with van der Waals surface area (Å²) in [6.07, 6.45) is 1.86. The number of aliphatic imine (C=N–C) groups is 1. The molecule has 7 aromatic carbocycles. The second-order valence-corrected chi connectivity index (χ2v) is 12.8. The first-order valence-corrected chi connectivity index (χ1v) is 17.3. The van der Waals surface area contributed by atoms with Crippen molar-refractivity contribution in [2.75, 3.05) is 6.67 Å². The van der Waals surface area contributed by atoms with Gasteiger partial charge in [0, 0.05) is 30.4 Å². The average Bonchev–Trinajstić information content (AvgIpc) is 3.21. The van der Waals surface area contributed by atoms with Gasteiger partial charge in [0.15, 0.2) is 5.66 Å². The summed E-state index contributed by atoms with van der Waals surface area (Å²) in [5, 5.41) is 10.8. The van der Waals surface area contributed by atoms with Crippen LogP contribution in [-0.4, -0.2) is 18.4 Å². The van der Waals surface area contributed by atoms with Crippen LogP contribution in [0.2, 0.25) is 0 Å². The molecule has 0 aliphatic rings. The first kappa shape index (κ1) is 32.0. The molecule has 0 amide bonds. The highest BCUT2D eigenvalue weighted by molar-refractivity contribution is 5.97. The third-order valence-electron chi connectivity index (χ3n) is 9.71. The lowest BCUT2D eigenvalue weighted by Gasteiger charge is -2.32. The van der Waals surface area contributed by atoms with E-state index in [0.717, 1.165) is 50.8 Å². The predicted octanol–water partition coefficient (Wildman–Crippen LogP) is 10.6. The summed E-state index contributed by atoms with van der Waals surface area (Å²) in [7, 11) is 0. The number of fused-ring (bicyclic) bond motifs is 2. The molecule has 2 N–H and O–H groups in total. The van der Waals surface area contributed by atoms with Crippen LogP contribution in [0.15, 0.2) is 187 Å². The summed E-state index contributed by atoms with van der Waals surface area (Å²) >= 11 is 0. The Morgan fingerprint density at radius 3 is 1.69 bits per heavy atom. The molecule has 0 spiro atoms. The fraction of sp³-hybridized carbons (Fsp3) is 0.0638. The van der Waals surface area contributed by atoms with Gasteiger partial charge in [-0.1, -0.05) is 158 Å². The average molecular weight is 659 g/mol. The molecule has 0 aliphatic carbocycles. The second-order valence-electron chi connectivity index (χ2n) is 12.8. The maximum Gasteiger partial charge on any atom is 0.162 e. The Morgan fingerprint density at radius 1 is 0.510 bits per heavy atom. The minimum atomic E-state index is -0.831. The largest absolute Gasteiger partial charge is 0.300 e. The quantitative estimate of drug-likeness (QED) is 0.0826. The van der Waals surface area contributed by atoms with Gasteiger partial charge in [-0.05, 0) is 80.2 Å². The van der Waals surface area contributed by atoms with Crippen LogP contribution in [0.4, 0.5) is 0 Å². The van der Waals surface area contributed by atoms with Gasteiger partial charge in [0.2, 0.25) is 0 Å². The van der Waals surface area contributed by atoms with E-state index in [1.54, 1.807) is 0 Å². The van der Waals surface area contributed by atoms with Crippen LogP contribution >= 0.6 is 0 Å². The van der Waals surface area contributed by atoms with Gasteiger partial charge in [-0.3, -0.25) is 15.3 Å². The minimum Gasteiger partial charge on any atom is -0.300 e. The zero-order valence-corrected chi connectivity index (χ0v) is 28.3. The summed E-state index contributed by atoms with van der Waals surface area (Å²) in [6, 6.07) is 62.0. The fourth-order valence-electron chi connectivity index (χ4n) is 7.06. The van der Waals surface area contributed by atoms with E-state index in [0.29, 0.717) is 6.67 Å². The first-order valence-electron chi connectivity index (χ1n) is 17.3. The maximum absolute atomic E-state index is 4.76. The zero-order chi connectivity index (χ0) is 34.5. The molecule has 0 saturated heterocycles. The van der Waals surface area contributed by atoms with E-state index in [-0.39, 0.29) is 0 Å². The highest BCUT2D eigenvalue weighted by Gasteiger charge is 2.32. The van der Waals surface area contributed by atoms with Gasteiger partial charge in [0.05, 0.1) is 5.52 Å². The maximum atomic E-state index is 4.76. The lowest BCUT2D eigenvalue weighted by molar-refractivity contribution is 0.398. The van der Waals surface area contributed by atoms with Crippen LogP contribution in [0.5, 0.6) is 0 Å². The van der Waals surface area contributed by atoms with E-state index in [4.69, 9.17) is 9.98 Å². The van der Waals surface area contributed by atoms with Crippen LogP contribution in [0, 0.1) is 0 Å². The normalized spacial score (nSPS) is 12.5. The lowest BCUT2D eigenvalue weighted by atomic mass is 9.87. The molecule has 1 unspecified atom stereocenters. The van der Waals surface area contributed by atoms with Crippen molar-refractivity contribution in [3.8, 4) is 33.4 Å². The molecule has 8 aromatic rings.